The van der Waals surface area contributed by atoms with Crippen molar-refractivity contribution in [1.82, 2.24) is 15.5 Å². The first kappa shape index (κ1) is 12.1. The van der Waals surface area contributed by atoms with Gasteiger partial charge in [-0.1, -0.05) is 19.3 Å². The van der Waals surface area contributed by atoms with Crippen molar-refractivity contribution >= 4 is 5.91 Å². The summed E-state index contributed by atoms with van der Waals surface area (Å²) < 4.78 is 0. The number of aryl methyl sites for hydroxylation is 1. The SMILES string of the molecule is Cc1cc(C(=O)NCC2(N)CCCCC2)n[nH]1. The van der Waals surface area contributed by atoms with Gasteiger partial charge in [0.05, 0.1) is 0 Å². The van der Waals surface area contributed by atoms with Crippen molar-refractivity contribution in [2.24, 2.45) is 5.73 Å². The summed E-state index contributed by atoms with van der Waals surface area (Å²) in [5.74, 6) is -0.148. The normalized spacial score (nSPS) is 18.9. The predicted molar refractivity (Wildman–Crippen MR) is 65.7 cm³/mol. The number of hydrogen-bond donors (Lipinski definition) is 3. The van der Waals surface area contributed by atoms with Crippen LogP contribution in [0.1, 0.15) is 48.3 Å². The maximum absolute atomic E-state index is 11.8. The zero-order valence-corrected chi connectivity index (χ0v) is 10.3. The van der Waals surface area contributed by atoms with Gasteiger partial charge in [0.2, 0.25) is 0 Å². The number of nitrogens with zero attached hydrogens (tertiary/aromatic N) is 1. The molecule has 0 aliphatic heterocycles. The van der Waals surface area contributed by atoms with Crippen molar-refractivity contribution in [2.75, 3.05) is 6.54 Å². The number of hydrogen-bond acceptors (Lipinski definition) is 3. The second-order valence-corrected chi connectivity index (χ2v) is 5.04. The van der Waals surface area contributed by atoms with E-state index in [1.54, 1.807) is 6.07 Å². The summed E-state index contributed by atoms with van der Waals surface area (Å²) in [5, 5.41) is 9.56. The molecule has 1 heterocycles. The first-order valence-electron chi connectivity index (χ1n) is 6.18. The minimum Gasteiger partial charge on any atom is -0.349 e. The number of nitrogens with two attached hydrogens (primary N) is 1. The first-order valence-corrected chi connectivity index (χ1v) is 6.18. The van der Waals surface area contributed by atoms with Crippen LogP contribution in [0.25, 0.3) is 0 Å². The molecule has 1 fully saturated rings. The highest BCUT2D eigenvalue weighted by molar-refractivity contribution is 5.92. The Balaban J connectivity index is 1.87. The van der Waals surface area contributed by atoms with Gasteiger partial charge in [-0.25, -0.2) is 0 Å². The van der Waals surface area contributed by atoms with E-state index in [-0.39, 0.29) is 11.4 Å². The second kappa shape index (κ2) is 4.87. The molecule has 0 aromatic carbocycles. The summed E-state index contributed by atoms with van der Waals surface area (Å²) in [6.07, 6.45) is 5.56. The van der Waals surface area contributed by atoms with Crippen LogP contribution >= 0.6 is 0 Å². The zero-order valence-electron chi connectivity index (χ0n) is 10.3. The Hall–Kier alpha value is -1.36. The second-order valence-electron chi connectivity index (χ2n) is 5.04. The van der Waals surface area contributed by atoms with Crippen LogP contribution in [0.3, 0.4) is 0 Å². The maximum Gasteiger partial charge on any atom is 0.271 e. The van der Waals surface area contributed by atoms with E-state index in [1.807, 2.05) is 6.92 Å². The fourth-order valence-electron chi connectivity index (χ4n) is 2.31. The molecule has 1 saturated carbocycles. The Labute approximate surface area is 101 Å². The maximum atomic E-state index is 11.8. The van der Waals surface area contributed by atoms with E-state index in [0.717, 1.165) is 31.4 Å². The molecule has 17 heavy (non-hydrogen) atoms. The lowest BCUT2D eigenvalue weighted by Crippen LogP contribution is -2.51. The molecular weight excluding hydrogens is 216 g/mol. The Morgan fingerprint density at radius 3 is 2.82 bits per heavy atom. The van der Waals surface area contributed by atoms with Crippen LogP contribution in [0.15, 0.2) is 6.07 Å². The van der Waals surface area contributed by atoms with Crippen molar-refractivity contribution in [2.45, 2.75) is 44.6 Å². The van der Waals surface area contributed by atoms with E-state index in [0.29, 0.717) is 12.2 Å². The molecule has 1 aliphatic carbocycles. The molecule has 5 heteroatoms. The highest BCUT2D eigenvalue weighted by atomic mass is 16.1. The molecule has 94 valence electrons. The van der Waals surface area contributed by atoms with Gasteiger partial charge < -0.3 is 11.1 Å². The number of carbonyl (C=O) groups is 1. The molecule has 0 spiro atoms. The lowest BCUT2D eigenvalue weighted by molar-refractivity contribution is 0.0932. The van der Waals surface area contributed by atoms with Gasteiger partial charge in [-0.3, -0.25) is 9.89 Å². The van der Waals surface area contributed by atoms with Gasteiger partial charge in [0.15, 0.2) is 0 Å². The van der Waals surface area contributed by atoms with Gasteiger partial charge in [0.1, 0.15) is 5.69 Å². The monoisotopic (exact) mass is 236 g/mol. The summed E-state index contributed by atoms with van der Waals surface area (Å²) in [6.45, 7) is 2.41. The van der Waals surface area contributed by atoms with Crippen LogP contribution < -0.4 is 11.1 Å². The Morgan fingerprint density at radius 1 is 1.53 bits per heavy atom. The molecule has 2 rings (SSSR count). The van der Waals surface area contributed by atoms with E-state index < -0.39 is 0 Å². The van der Waals surface area contributed by atoms with Crippen LogP contribution in [0.5, 0.6) is 0 Å². The Kier molecular flexibility index (Phi) is 3.47. The molecule has 1 aliphatic rings. The summed E-state index contributed by atoms with van der Waals surface area (Å²) >= 11 is 0. The van der Waals surface area contributed by atoms with Gasteiger partial charge in [-0.05, 0) is 25.8 Å². The predicted octanol–water partition coefficient (Wildman–Crippen LogP) is 1.11. The number of H-pyrrole nitrogens is 1. The molecule has 5 nitrogen and oxygen atoms in total. The standard InChI is InChI=1S/C12H20N4O/c1-9-7-10(16-15-9)11(17)14-8-12(13)5-3-2-4-6-12/h7H,2-6,8,13H2,1H3,(H,14,17)(H,15,16). The van der Waals surface area contributed by atoms with Crippen LogP contribution in [-0.4, -0.2) is 28.2 Å². The number of carbonyl (C=O) groups excluding carboxylic acids is 1. The van der Waals surface area contributed by atoms with E-state index in [4.69, 9.17) is 5.73 Å². The molecule has 0 bridgehead atoms. The van der Waals surface area contributed by atoms with Gasteiger partial charge in [0, 0.05) is 17.8 Å². The van der Waals surface area contributed by atoms with Gasteiger partial charge >= 0.3 is 0 Å². The molecule has 1 aromatic rings. The average molecular weight is 236 g/mol. The fourth-order valence-corrected chi connectivity index (χ4v) is 2.31. The quantitative estimate of drug-likeness (QED) is 0.735. The number of nitrogens with one attached hydrogen (secondary N) is 2. The highest BCUT2D eigenvalue weighted by Gasteiger charge is 2.28. The molecule has 0 radical (unpaired) electrons. The summed E-state index contributed by atoms with van der Waals surface area (Å²) in [6, 6.07) is 1.74. The van der Waals surface area contributed by atoms with Crippen molar-refractivity contribution in [1.29, 1.82) is 0 Å². The van der Waals surface area contributed by atoms with E-state index in [9.17, 15) is 4.79 Å². The third kappa shape index (κ3) is 3.06. The first-order chi connectivity index (χ1) is 8.09. The highest BCUT2D eigenvalue weighted by Crippen LogP contribution is 2.25. The molecule has 1 amide bonds. The summed E-state index contributed by atoms with van der Waals surface area (Å²) in [4.78, 5) is 11.8. The summed E-state index contributed by atoms with van der Waals surface area (Å²) in [7, 11) is 0. The van der Waals surface area contributed by atoms with Crippen LogP contribution in [0.2, 0.25) is 0 Å². The average Bonchev–Trinajstić information content (AvgIpc) is 2.74. The number of aromatic nitrogens is 2. The Bertz CT molecular complexity index is 393. The minimum atomic E-state index is -0.223. The lowest BCUT2D eigenvalue weighted by atomic mass is 9.82. The van der Waals surface area contributed by atoms with E-state index >= 15 is 0 Å². The molecule has 0 saturated heterocycles. The smallest absolute Gasteiger partial charge is 0.271 e. The summed E-state index contributed by atoms with van der Waals surface area (Å²) in [5.41, 5.74) is 7.34. The van der Waals surface area contributed by atoms with Crippen molar-refractivity contribution in [3.63, 3.8) is 0 Å². The third-order valence-corrected chi connectivity index (χ3v) is 3.39. The van der Waals surface area contributed by atoms with Crippen LogP contribution in [0, 0.1) is 6.92 Å². The van der Waals surface area contributed by atoms with Crippen LogP contribution in [0.4, 0.5) is 0 Å². The van der Waals surface area contributed by atoms with Crippen molar-refractivity contribution in [3.05, 3.63) is 17.5 Å². The fraction of sp³-hybridized carbons (Fsp3) is 0.667. The molecule has 1 aromatic heterocycles. The van der Waals surface area contributed by atoms with Gasteiger partial charge in [-0.15, -0.1) is 0 Å². The van der Waals surface area contributed by atoms with Gasteiger partial charge in [0.25, 0.3) is 5.91 Å². The van der Waals surface area contributed by atoms with Gasteiger partial charge in [-0.2, -0.15) is 5.10 Å². The number of amides is 1. The molecule has 0 unspecified atom stereocenters. The largest absolute Gasteiger partial charge is 0.349 e. The topological polar surface area (TPSA) is 83.8 Å². The Morgan fingerprint density at radius 2 is 2.24 bits per heavy atom. The van der Waals surface area contributed by atoms with E-state index in [2.05, 4.69) is 15.5 Å². The van der Waals surface area contributed by atoms with E-state index in [1.165, 1.54) is 6.42 Å². The number of aromatic amines is 1. The zero-order chi connectivity index (χ0) is 12.3. The van der Waals surface area contributed by atoms with Crippen LogP contribution in [-0.2, 0) is 0 Å². The van der Waals surface area contributed by atoms with Crippen molar-refractivity contribution in [3.8, 4) is 0 Å². The molecule has 0 atom stereocenters. The molecular formula is C12H20N4O. The molecule has 4 N–H and O–H groups in total. The lowest BCUT2D eigenvalue weighted by Gasteiger charge is -2.33. The third-order valence-electron chi connectivity index (χ3n) is 3.39. The van der Waals surface area contributed by atoms with Crippen molar-refractivity contribution < 1.29 is 4.79 Å². The minimum absolute atomic E-state index is 0.148. The number of rotatable bonds is 3.